The number of hydrogen-bond acceptors (Lipinski definition) is 2. The van der Waals surface area contributed by atoms with Crippen molar-refractivity contribution in [3.8, 4) is 0 Å². The molecule has 182 valence electrons. The Balaban J connectivity index is 1.58. The normalized spacial score (nSPS) is 50.2. The fraction of sp³-hybridized carbons (Fsp3) is 0.900. The predicted octanol–water partition coefficient (Wildman–Crippen LogP) is 7.59. The maximum absolute atomic E-state index is 12.7. The van der Waals surface area contributed by atoms with Gasteiger partial charge in [0, 0.05) is 12.3 Å². The molecule has 4 aliphatic carbocycles. The maximum Gasteiger partial charge on any atom is 0.136 e. The molecular formula is C30H50O2. The van der Waals surface area contributed by atoms with E-state index in [1.165, 1.54) is 38.5 Å². The SMILES string of the molecule is C=C(C)[C@@H](O)CC[C@@H](C)[C@H]1CC[C@@]2(C)[C@@H]3CC[C@@]4(C)[C@@H](CCC(=O)[C@@H]4C)[C@]3(C)CC[C@]12C. The Bertz CT molecular complexity index is 771. The van der Waals surface area contributed by atoms with Gasteiger partial charge in [-0.25, -0.2) is 0 Å². The van der Waals surface area contributed by atoms with Crippen molar-refractivity contribution in [2.24, 2.45) is 51.2 Å². The quantitative estimate of drug-likeness (QED) is 0.445. The molecule has 0 heterocycles. The number of ketones is 1. The summed E-state index contributed by atoms with van der Waals surface area (Å²) in [6, 6.07) is 0. The highest BCUT2D eigenvalue weighted by molar-refractivity contribution is 5.82. The first-order chi connectivity index (χ1) is 14.8. The molecule has 0 aromatic carbocycles. The molecule has 0 spiro atoms. The van der Waals surface area contributed by atoms with E-state index in [4.69, 9.17) is 0 Å². The second-order valence-electron chi connectivity index (χ2n) is 13.8. The zero-order valence-electron chi connectivity index (χ0n) is 22.1. The fourth-order valence-corrected chi connectivity index (χ4v) is 10.2. The highest BCUT2D eigenvalue weighted by atomic mass is 16.3. The van der Waals surface area contributed by atoms with Gasteiger partial charge in [0.25, 0.3) is 0 Å². The van der Waals surface area contributed by atoms with Crippen LogP contribution in [0.2, 0.25) is 0 Å². The molecule has 2 heteroatoms. The van der Waals surface area contributed by atoms with E-state index in [2.05, 4.69) is 48.1 Å². The van der Waals surface area contributed by atoms with Crippen LogP contribution < -0.4 is 0 Å². The molecule has 0 unspecified atom stereocenters. The smallest absolute Gasteiger partial charge is 0.136 e. The number of aliphatic hydroxyl groups is 1. The van der Waals surface area contributed by atoms with Crippen LogP contribution in [0.3, 0.4) is 0 Å². The van der Waals surface area contributed by atoms with E-state index >= 15 is 0 Å². The Hall–Kier alpha value is -0.630. The van der Waals surface area contributed by atoms with Gasteiger partial charge in [0.1, 0.15) is 5.78 Å². The first-order valence-corrected chi connectivity index (χ1v) is 13.7. The van der Waals surface area contributed by atoms with Crippen molar-refractivity contribution < 1.29 is 9.90 Å². The van der Waals surface area contributed by atoms with Crippen molar-refractivity contribution in [2.75, 3.05) is 0 Å². The van der Waals surface area contributed by atoms with Crippen LogP contribution in [0.5, 0.6) is 0 Å². The van der Waals surface area contributed by atoms with Crippen LogP contribution in [0.4, 0.5) is 0 Å². The van der Waals surface area contributed by atoms with Crippen molar-refractivity contribution >= 4 is 5.78 Å². The summed E-state index contributed by atoms with van der Waals surface area (Å²) in [5.41, 5.74) is 2.28. The molecule has 0 aromatic heterocycles. The summed E-state index contributed by atoms with van der Waals surface area (Å²) < 4.78 is 0. The number of rotatable bonds is 5. The molecule has 0 amide bonds. The largest absolute Gasteiger partial charge is 0.389 e. The van der Waals surface area contributed by atoms with Gasteiger partial charge in [-0.15, -0.1) is 0 Å². The van der Waals surface area contributed by atoms with E-state index in [0.29, 0.717) is 33.9 Å². The summed E-state index contributed by atoms with van der Waals surface area (Å²) in [5, 5.41) is 10.3. The third kappa shape index (κ3) is 3.24. The van der Waals surface area contributed by atoms with Gasteiger partial charge in [0.15, 0.2) is 0 Å². The number of carbonyl (C=O) groups excluding carboxylic acids is 1. The van der Waals surface area contributed by atoms with Gasteiger partial charge in [0.05, 0.1) is 6.10 Å². The number of Topliss-reactive ketones (excluding diaryl/α,β-unsaturated/α-hetero) is 1. The first-order valence-electron chi connectivity index (χ1n) is 13.7. The highest BCUT2D eigenvalue weighted by Gasteiger charge is 2.69. The number of carbonyl (C=O) groups is 1. The van der Waals surface area contributed by atoms with Gasteiger partial charge in [-0.05, 0) is 110 Å². The Labute approximate surface area is 198 Å². The molecule has 2 nitrogen and oxygen atoms in total. The molecule has 0 aliphatic heterocycles. The van der Waals surface area contributed by atoms with Gasteiger partial charge in [0.2, 0.25) is 0 Å². The average molecular weight is 443 g/mol. The zero-order valence-corrected chi connectivity index (χ0v) is 22.1. The minimum Gasteiger partial charge on any atom is -0.389 e. The maximum atomic E-state index is 12.7. The molecule has 32 heavy (non-hydrogen) atoms. The predicted molar refractivity (Wildman–Crippen MR) is 133 cm³/mol. The Morgan fingerprint density at radius 1 is 0.969 bits per heavy atom. The Kier molecular flexibility index (Phi) is 6.09. The van der Waals surface area contributed by atoms with E-state index in [1.807, 2.05) is 6.92 Å². The Morgan fingerprint density at radius 2 is 1.66 bits per heavy atom. The van der Waals surface area contributed by atoms with Crippen LogP contribution >= 0.6 is 0 Å². The third-order valence-electron chi connectivity index (χ3n) is 12.7. The van der Waals surface area contributed by atoms with Gasteiger partial charge < -0.3 is 5.11 Å². The van der Waals surface area contributed by atoms with Crippen LogP contribution in [-0.2, 0) is 4.79 Å². The van der Waals surface area contributed by atoms with E-state index < -0.39 is 0 Å². The lowest BCUT2D eigenvalue weighted by Gasteiger charge is -2.69. The highest BCUT2D eigenvalue weighted by Crippen LogP contribution is 2.76. The monoisotopic (exact) mass is 442 g/mol. The molecule has 10 atom stereocenters. The van der Waals surface area contributed by atoms with Crippen molar-refractivity contribution in [3.63, 3.8) is 0 Å². The molecule has 0 bridgehead atoms. The topological polar surface area (TPSA) is 37.3 Å². The van der Waals surface area contributed by atoms with Crippen molar-refractivity contribution in [2.45, 2.75) is 119 Å². The van der Waals surface area contributed by atoms with Crippen LogP contribution in [0.1, 0.15) is 113 Å². The second kappa shape index (κ2) is 7.96. The molecule has 4 saturated carbocycles. The number of aliphatic hydroxyl groups excluding tert-OH is 1. The number of fused-ring (bicyclic) bond motifs is 5. The molecule has 0 radical (unpaired) electrons. The van der Waals surface area contributed by atoms with E-state index in [9.17, 15) is 9.90 Å². The van der Waals surface area contributed by atoms with Gasteiger partial charge in [-0.2, -0.15) is 0 Å². The summed E-state index contributed by atoms with van der Waals surface area (Å²) >= 11 is 0. The lowest BCUT2D eigenvalue weighted by Crippen LogP contribution is -2.62. The minimum absolute atomic E-state index is 0.203. The Morgan fingerprint density at radius 3 is 2.31 bits per heavy atom. The minimum atomic E-state index is -0.347. The first kappa shape index (κ1) is 24.5. The molecular weight excluding hydrogens is 392 g/mol. The van der Waals surface area contributed by atoms with Crippen LogP contribution in [-0.4, -0.2) is 17.0 Å². The van der Waals surface area contributed by atoms with E-state index in [-0.39, 0.29) is 17.4 Å². The molecule has 0 aromatic rings. The van der Waals surface area contributed by atoms with Crippen LogP contribution in [0, 0.1) is 51.2 Å². The van der Waals surface area contributed by atoms with Crippen LogP contribution in [0.25, 0.3) is 0 Å². The van der Waals surface area contributed by atoms with E-state index in [0.717, 1.165) is 43.1 Å². The van der Waals surface area contributed by atoms with Gasteiger partial charge in [-0.3, -0.25) is 4.79 Å². The number of hydrogen-bond donors (Lipinski definition) is 1. The molecule has 4 fully saturated rings. The lowest BCUT2D eigenvalue weighted by atomic mass is 9.35. The summed E-state index contributed by atoms with van der Waals surface area (Å²) in [4.78, 5) is 12.7. The standard InChI is InChI=1S/C30H50O2/c1-19(2)23(31)10-9-20(3)22-13-16-30(8)26-14-15-27(5)21(4)24(32)11-12-25(27)28(26,6)17-18-29(22,30)7/h20-23,25-26,31H,1,9-18H2,2-8H3/t20-,21+,22-,23+,25-,26-,27-,28+,29-,30+/m1/s1. The fourth-order valence-electron chi connectivity index (χ4n) is 10.2. The summed E-state index contributed by atoms with van der Waals surface area (Å²) in [6.07, 6.45) is 11.5. The lowest BCUT2D eigenvalue weighted by molar-refractivity contribution is -0.202. The van der Waals surface area contributed by atoms with Gasteiger partial charge in [-0.1, -0.05) is 53.7 Å². The van der Waals surface area contributed by atoms with Crippen molar-refractivity contribution in [1.82, 2.24) is 0 Å². The summed E-state index contributed by atoms with van der Waals surface area (Å²) in [5.74, 6) is 3.65. The van der Waals surface area contributed by atoms with Crippen molar-refractivity contribution in [1.29, 1.82) is 0 Å². The molecule has 1 N–H and O–H groups in total. The molecule has 4 aliphatic rings. The summed E-state index contributed by atoms with van der Waals surface area (Å²) in [7, 11) is 0. The van der Waals surface area contributed by atoms with Crippen molar-refractivity contribution in [3.05, 3.63) is 12.2 Å². The van der Waals surface area contributed by atoms with E-state index in [1.54, 1.807) is 0 Å². The molecule has 4 rings (SSSR count). The van der Waals surface area contributed by atoms with Crippen LogP contribution in [0.15, 0.2) is 12.2 Å². The zero-order chi connectivity index (χ0) is 23.7. The molecule has 0 saturated heterocycles. The van der Waals surface area contributed by atoms with Gasteiger partial charge >= 0.3 is 0 Å². The third-order valence-corrected chi connectivity index (χ3v) is 12.7. The average Bonchev–Trinajstić information content (AvgIpc) is 3.00. The second-order valence-corrected chi connectivity index (χ2v) is 13.8. The summed E-state index contributed by atoms with van der Waals surface area (Å²) in [6.45, 7) is 21.0.